The molecule has 1 N–H and O–H groups in total. The molecule has 1 aliphatic carbocycles. The summed E-state index contributed by atoms with van der Waals surface area (Å²) in [6.07, 6.45) is 2.26. The minimum Gasteiger partial charge on any atom is -0.444 e. The molecule has 98 valence electrons. The number of nitrogens with one attached hydrogen (secondary N) is 1. The summed E-state index contributed by atoms with van der Waals surface area (Å²) < 4.78 is 5.35. The van der Waals surface area contributed by atoms with E-state index in [0.29, 0.717) is 11.5 Å². The van der Waals surface area contributed by atoms with Gasteiger partial charge in [0, 0.05) is 24.5 Å². The first-order valence-electron chi connectivity index (χ1n) is 6.55. The van der Waals surface area contributed by atoms with Crippen molar-refractivity contribution in [2.45, 2.75) is 52.2 Å². The summed E-state index contributed by atoms with van der Waals surface area (Å²) in [5.41, 5.74) is 0.0233. The number of likely N-dealkylation sites (tertiary alicyclic amines) is 1. The lowest BCUT2D eigenvalue weighted by Crippen LogP contribution is -2.67. The van der Waals surface area contributed by atoms with Crippen molar-refractivity contribution in [3.63, 3.8) is 0 Å². The minimum absolute atomic E-state index is 0.157. The molecule has 1 spiro atoms. The molecule has 2 aliphatic rings. The SMILES string of the molecule is CCNC1CC2(C1)CN(C(=O)OC(C)(C)C)C2. The zero-order chi connectivity index (χ0) is 12.7. The quantitative estimate of drug-likeness (QED) is 0.802. The second-order valence-corrected chi connectivity index (χ2v) is 6.50. The van der Waals surface area contributed by atoms with Crippen LogP contribution in [0.15, 0.2) is 0 Å². The summed E-state index contributed by atoms with van der Waals surface area (Å²) >= 11 is 0. The predicted octanol–water partition coefficient (Wildman–Crippen LogP) is 2.00. The maximum atomic E-state index is 11.8. The van der Waals surface area contributed by atoms with Crippen LogP contribution in [0.1, 0.15) is 40.5 Å². The van der Waals surface area contributed by atoms with Crippen molar-refractivity contribution in [2.24, 2.45) is 5.41 Å². The molecular formula is C13H24N2O2. The van der Waals surface area contributed by atoms with Crippen LogP contribution in [0, 0.1) is 5.41 Å². The van der Waals surface area contributed by atoms with Crippen molar-refractivity contribution < 1.29 is 9.53 Å². The van der Waals surface area contributed by atoms with Crippen LogP contribution in [0.25, 0.3) is 0 Å². The van der Waals surface area contributed by atoms with E-state index in [1.54, 1.807) is 0 Å². The summed E-state index contributed by atoms with van der Waals surface area (Å²) in [4.78, 5) is 13.6. The average molecular weight is 240 g/mol. The van der Waals surface area contributed by atoms with E-state index in [2.05, 4.69) is 12.2 Å². The van der Waals surface area contributed by atoms with Crippen LogP contribution in [-0.4, -0.2) is 42.3 Å². The third kappa shape index (κ3) is 2.73. The molecule has 0 aromatic carbocycles. The lowest BCUT2D eigenvalue weighted by Gasteiger charge is -2.58. The summed E-state index contributed by atoms with van der Waals surface area (Å²) in [5, 5.41) is 3.45. The van der Waals surface area contributed by atoms with Gasteiger partial charge in [-0.1, -0.05) is 6.92 Å². The Bertz CT molecular complexity index is 295. The number of ether oxygens (including phenoxy) is 1. The summed E-state index contributed by atoms with van der Waals surface area (Å²) in [7, 11) is 0. The van der Waals surface area contributed by atoms with Crippen molar-refractivity contribution in [2.75, 3.05) is 19.6 Å². The van der Waals surface area contributed by atoms with E-state index in [0.717, 1.165) is 19.6 Å². The van der Waals surface area contributed by atoms with Gasteiger partial charge in [0.05, 0.1) is 0 Å². The van der Waals surface area contributed by atoms with Crippen LogP contribution in [0.2, 0.25) is 0 Å². The summed E-state index contributed by atoms with van der Waals surface area (Å²) in [5.74, 6) is 0. The number of rotatable bonds is 2. The lowest BCUT2D eigenvalue weighted by atomic mass is 9.61. The predicted molar refractivity (Wildman–Crippen MR) is 66.9 cm³/mol. The van der Waals surface area contributed by atoms with Gasteiger partial charge in [-0.2, -0.15) is 0 Å². The average Bonchev–Trinajstić information content (AvgIpc) is 2.03. The molecule has 1 heterocycles. The number of carbonyl (C=O) groups is 1. The van der Waals surface area contributed by atoms with E-state index in [1.807, 2.05) is 25.7 Å². The Labute approximate surface area is 104 Å². The first-order chi connectivity index (χ1) is 7.84. The topological polar surface area (TPSA) is 41.6 Å². The molecule has 0 unspecified atom stereocenters. The molecule has 0 radical (unpaired) electrons. The second-order valence-electron chi connectivity index (χ2n) is 6.50. The molecule has 4 heteroatoms. The van der Waals surface area contributed by atoms with Crippen LogP contribution < -0.4 is 5.32 Å². The monoisotopic (exact) mass is 240 g/mol. The fourth-order valence-electron chi connectivity index (χ4n) is 2.90. The molecule has 0 atom stereocenters. The Balaban J connectivity index is 1.71. The van der Waals surface area contributed by atoms with Gasteiger partial charge in [-0.25, -0.2) is 4.79 Å². The van der Waals surface area contributed by atoms with Gasteiger partial charge in [0.15, 0.2) is 0 Å². The Morgan fingerprint density at radius 2 is 2.00 bits per heavy atom. The van der Waals surface area contributed by atoms with Gasteiger partial charge >= 0.3 is 6.09 Å². The van der Waals surface area contributed by atoms with Gasteiger partial charge in [-0.15, -0.1) is 0 Å². The molecule has 0 aromatic heterocycles. The zero-order valence-corrected chi connectivity index (χ0v) is 11.4. The standard InChI is InChI=1S/C13H24N2O2/c1-5-14-10-6-13(7-10)8-15(9-13)11(16)17-12(2,3)4/h10,14H,5-9H2,1-4H3. The van der Waals surface area contributed by atoms with Crippen LogP contribution >= 0.6 is 0 Å². The third-order valence-corrected chi connectivity index (χ3v) is 3.56. The maximum Gasteiger partial charge on any atom is 0.410 e. The van der Waals surface area contributed by atoms with Gasteiger partial charge in [0.1, 0.15) is 5.60 Å². The molecule has 2 fully saturated rings. The van der Waals surface area contributed by atoms with Crippen LogP contribution in [-0.2, 0) is 4.74 Å². The molecule has 1 saturated carbocycles. The van der Waals surface area contributed by atoms with Gasteiger partial charge in [0.25, 0.3) is 0 Å². The first kappa shape index (κ1) is 12.7. The first-order valence-corrected chi connectivity index (χ1v) is 6.55. The summed E-state index contributed by atoms with van der Waals surface area (Å²) in [6, 6.07) is 0.667. The van der Waals surface area contributed by atoms with Crippen molar-refractivity contribution in [3.05, 3.63) is 0 Å². The van der Waals surface area contributed by atoms with E-state index in [4.69, 9.17) is 4.74 Å². The Hall–Kier alpha value is -0.770. The number of nitrogens with zero attached hydrogens (tertiary/aromatic N) is 1. The van der Waals surface area contributed by atoms with Gasteiger partial charge in [-0.05, 0) is 40.2 Å². The molecule has 0 aromatic rings. The highest BCUT2D eigenvalue weighted by Gasteiger charge is 2.54. The number of amides is 1. The normalized spacial score (nSPS) is 23.2. The largest absolute Gasteiger partial charge is 0.444 e. The number of carbonyl (C=O) groups excluding carboxylic acids is 1. The highest BCUT2D eigenvalue weighted by atomic mass is 16.6. The molecule has 17 heavy (non-hydrogen) atoms. The fraction of sp³-hybridized carbons (Fsp3) is 0.923. The minimum atomic E-state index is -0.383. The number of hydrogen-bond acceptors (Lipinski definition) is 3. The van der Waals surface area contributed by atoms with Gasteiger partial charge in [-0.3, -0.25) is 0 Å². The molecule has 2 rings (SSSR count). The maximum absolute atomic E-state index is 11.8. The molecule has 0 bridgehead atoms. The van der Waals surface area contributed by atoms with E-state index >= 15 is 0 Å². The van der Waals surface area contributed by atoms with Gasteiger partial charge in [0.2, 0.25) is 0 Å². The van der Waals surface area contributed by atoms with Gasteiger partial charge < -0.3 is 15.0 Å². The second kappa shape index (κ2) is 4.16. The van der Waals surface area contributed by atoms with E-state index in [-0.39, 0.29) is 11.7 Å². The Morgan fingerprint density at radius 3 is 2.47 bits per heavy atom. The van der Waals surface area contributed by atoms with Crippen molar-refractivity contribution in [3.8, 4) is 0 Å². The lowest BCUT2D eigenvalue weighted by molar-refractivity contribution is -0.0825. The number of hydrogen-bond donors (Lipinski definition) is 1. The fourth-order valence-corrected chi connectivity index (χ4v) is 2.90. The highest BCUT2D eigenvalue weighted by Crippen LogP contribution is 2.48. The molecule has 1 aliphatic heterocycles. The van der Waals surface area contributed by atoms with Crippen molar-refractivity contribution >= 4 is 6.09 Å². The van der Waals surface area contributed by atoms with Crippen LogP contribution in [0.3, 0.4) is 0 Å². The summed E-state index contributed by atoms with van der Waals surface area (Å²) in [6.45, 7) is 10.7. The Kier molecular flexibility index (Phi) is 3.10. The van der Waals surface area contributed by atoms with E-state index in [1.165, 1.54) is 12.8 Å². The third-order valence-electron chi connectivity index (χ3n) is 3.56. The molecule has 1 amide bonds. The van der Waals surface area contributed by atoms with Crippen LogP contribution in [0.5, 0.6) is 0 Å². The Morgan fingerprint density at radius 1 is 1.41 bits per heavy atom. The molecule has 4 nitrogen and oxygen atoms in total. The van der Waals surface area contributed by atoms with E-state index in [9.17, 15) is 4.79 Å². The molecular weight excluding hydrogens is 216 g/mol. The van der Waals surface area contributed by atoms with Crippen molar-refractivity contribution in [1.29, 1.82) is 0 Å². The van der Waals surface area contributed by atoms with Crippen LogP contribution in [0.4, 0.5) is 4.79 Å². The highest BCUT2D eigenvalue weighted by molar-refractivity contribution is 5.69. The van der Waals surface area contributed by atoms with Crippen molar-refractivity contribution in [1.82, 2.24) is 10.2 Å². The van der Waals surface area contributed by atoms with E-state index < -0.39 is 0 Å². The smallest absolute Gasteiger partial charge is 0.410 e. The zero-order valence-electron chi connectivity index (χ0n) is 11.4. The molecule has 1 saturated heterocycles.